The van der Waals surface area contributed by atoms with E-state index in [-0.39, 0.29) is 29.6 Å². The molecule has 38 heavy (non-hydrogen) atoms. The number of rotatable bonds is 7. The Morgan fingerprint density at radius 2 is 1.92 bits per heavy atom. The summed E-state index contributed by atoms with van der Waals surface area (Å²) >= 11 is 6.25. The van der Waals surface area contributed by atoms with E-state index in [2.05, 4.69) is 6.07 Å². The molecule has 1 aromatic heterocycles. The van der Waals surface area contributed by atoms with Crippen molar-refractivity contribution in [1.82, 2.24) is 0 Å². The van der Waals surface area contributed by atoms with Gasteiger partial charge in [-0.3, -0.25) is 0 Å². The number of halogens is 1. The first-order chi connectivity index (χ1) is 18.5. The Labute approximate surface area is 223 Å². The van der Waals surface area contributed by atoms with E-state index in [1.54, 1.807) is 42.5 Å². The maximum absolute atomic E-state index is 12.3. The Kier molecular flexibility index (Phi) is 6.94. The molecule has 0 aliphatic carbocycles. The van der Waals surface area contributed by atoms with Crippen molar-refractivity contribution in [3.8, 4) is 29.1 Å². The lowest BCUT2D eigenvalue weighted by molar-refractivity contribution is 0.0701. The molecule has 1 aliphatic rings. The van der Waals surface area contributed by atoms with E-state index in [4.69, 9.17) is 40.7 Å². The molecule has 0 saturated heterocycles. The normalized spacial score (nSPS) is 14.2. The molecule has 0 spiro atoms. The molecule has 5 rings (SSSR count). The van der Waals surface area contributed by atoms with Gasteiger partial charge in [-0.05, 0) is 42.0 Å². The zero-order valence-electron chi connectivity index (χ0n) is 20.1. The van der Waals surface area contributed by atoms with Gasteiger partial charge in [0.05, 0.1) is 19.3 Å². The number of furan rings is 1. The molecule has 2 heterocycles. The van der Waals surface area contributed by atoms with Gasteiger partial charge in [0.25, 0.3) is 0 Å². The van der Waals surface area contributed by atoms with Gasteiger partial charge in [0.1, 0.15) is 29.7 Å². The van der Waals surface area contributed by atoms with Gasteiger partial charge in [0.15, 0.2) is 11.5 Å². The Balaban J connectivity index is 1.45. The third kappa shape index (κ3) is 4.88. The van der Waals surface area contributed by atoms with Crippen LogP contribution < -0.4 is 24.7 Å². The first kappa shape index (κ1) is 24.8. The second-order valence-electron chi connectivity index (χ2n) is 8.28. The molecule has 0 bridgehead atoms. The lowest BCUT2D eigenvalue weighted by Crippen LogP contribution is -2.21. The number of carbonyl (C=O) groups excluding carboxylic acids is 1. The Morgan fingerprint density at radius 1 is 1.08 bits per heavy atom. The molecular weight excluding hydrogens is 508 g/mol. The van der Waals surface area contributed by atoms with E-state index in [9.17, 15) is 10.1 Å². The summed E-state index contributed by atoms with van der Waals surface area (Å²) in [6.07, 6.45) is 1.38. The van der Waals surface area contributed by atoms with E-state index in [0.717, 1.165) is 11.1 Å². The van der Waals surface area contributed by atoms with E-state index in [1.165, 1.54) is 19.4 Å². The first-order valence-corrected chi connectivity index (χ1v) is 11.9. The monoisotopic (exact) mass is 528 g/mol. The minimum Gasteiger partial charge on any atom is -0.493 e. The van der Waals surface area contributed by atoms with Crippen LogP contribution in [0.4, 0.5) is 0 Å². The largest absolute Gasteiger partial charge is 0.493 e. The molecule has 8 nitrogen and oxygen atoms in total. The number of hydrogen-bond donors (Lipinski definition) is 1. The average molecular weight is 529 g/mol. The second-order valence-corrected chi connectivity index (χ2v) is 8.69. The molecule has 4 aromatic rings. The van der Waals surface area contributed by atoms with Crippen molar-refractivity contribution in [3.63, 3.8) is 0 Å². The van der Waals surface area contributed by atoms with Crippen LogP contribution in [0.2, 0.25) is 5.02 Å². The molecule has 1 aliphatic heterocycles. The number of nitriles is 1. The number of allylic oxidation sites excluding steroid dienone is 1. The van der Waals surface area contributed by atoms with Crippen molar-refractivity contribution in [1.29, 1.82) is 5.26 Å². The highest BCUT2D eigenvalue weighted by molar-refractivity contribution is 6.31. The van der Waals surface area contributed by atoms with Gasteiger partial charge in [-0.25, -0.2) is 4.79 Å². The Hall–Kier alpha value is -4.87. The van der Waals surface area contributed by atoms with E-state index in [1.807, 2.05) is 24.3 Å². The number of methoxy groups -OCH3 is 1. The SMILES string of the molecule is COc1cc(C2C(C#N)=C(N)Oc3cc(OC(=O)c4ccco4)ccc32)ccc1OCc1ccccc1Cl. The molecule has 1 unspecified atom stereocenters. The average Bonchev–Trinajstić information content (AvgIpc) is 3.47. The zero-order valence-corrected chi connectivity index (χ0v) is 20.9. The highest BCUT2D eigenvalue weighted by Gasteiger charge is 2.32. The van der Waals surface area contributed by atoms with Crippen LogP contribution in [0.25, 0.3) is 0 Å². The topological polar surface area (TPSA) is 117 Å². The maximum atomic E-state index is 12.3. The molecule has 0 fully saturated rings. The predicted molar refractivity (Wildman–Crippen MR) is 138 cm³/mol. The van der Waals surface area contributed by atoms with Crippen molar-refractivity contribution in [3.05, 3.63) is 118 Å². The smallest absolute Gasteiger partial charge is 0.379 e. The lowest BCUT2D eigenvalue weighted by atomic mass is 9.83. The highest BCUT2D eigenvalue weighted by Crippen LogP contribution is 2.45. The van der Waals surface area contributed by atoms with Crippen LogP contribution in [-0.2, 0) is 6.61 Å². The molecule has 1 atom stereocenters. The molecular formula is C29H21ClN2O6. The third-order valence-electron chi connectivity index (χ3n) is 5.99. The number of fused-ring (bicyclic) bond motifs is 1. The van der Waals surface area contributed by atoms with Crippen LogP contribution in [0.5, 0.6) is 23.0 Å². The Morgan fingerprint density at radius 3 is 2.66 bits per heavy atom. The number of carbonyl (C=O) groups is 1. The molecule has 190 valence electrons. The summed E-state index contributed by atoms with van der Waals surface area (Å²) in [5.74, 6) is 0.397. The van der Waals surface area contributed by atoms with Crippen LogP contribution in [-0.4, -0.2) is 13.1 Å². The number of hydrogen-bond acceptors (Lipinski definition) is 8. The molecule has 0 radical (unpaired) electrons. The number of nitrogens with zero attached hydrogens (tertiary/aromatic N) is 1. The quantitative estimate of drug-likeness (QED) is 0.231. The summed E-state index contributed by atoms with van der Waals surface area (Å²) in [5.41, 5.74) is 8.61. The van der Waals surface area contributed by atoms with Crippen molar-refractivity contribution in [2.75, 3.05) is 7.11 Å². The summed E-state index contributed by atoms with van der Waals surface area (Å²) < 4.78 is 27.8. The Bertz CT molecular complexity index is 1570. The van der Waals surface area contributed by atoms with Crippen molar-refractivity contribution in [2.45, 2.75) is 12.5 Å². The summed E-state index contributed by atoms with van der Waals surface area (Å²) in [4.78, 5) is 12.3. The van der Waals surface area contributed by atoms with E-state index < -0.39 is 11.9 Å². The van der Waals surface area contributed by atoms with Crippen LogP contribution in [0.15, 0.2) is 94.9 Å². The molecule has 0 saturated carbocycles. The third-order valence-corrected chi connectivity index (χ3v) is 6.35. The maximum Gasteiger partial charge on any atom is 0.379 e. The van der Waals surface area contributed by atoms with Gasteiger partial charge in [0.2, 0.25) is 11.6 Å². The number of esters is 1. The van der Waals surface area contributed by atoms with Crippen LogP contribution in [0.3, 0.4) is 0 Å². The van der Waals surface area contributed by atoms with Crippen molar-refractivity contribution >= 4 is 17.6 Å². The number of benzene rings is 3. The minimum absolute atomic E-state index is 0.0440. The zero-order chi connectivity index (χ0) is 26.6. The van der Waals surface area contributed by atoms with Gasteiger partial charge < -0.3 is 29.1 Å². The predicted octanol–water partition coefficient (Wildman–Crippen LogP) is 5.96. The van der Waals surface area contributed by atoms with Gasteiger partial charge in [-0.15, -0.1) is 0 Å². The number of nitrogens with two attached hydrogens (primary N) is 1. The van der Waals surface area contributed by atoms with Gasteiger partial charge in [-0.1, -0.05) is 41.9 Å². The second kappa shape index (κ2) is 10.6. The van der Waals surface area contributed by atoms with Crippen LogP contribution in [0, 0.1) is 11.3 Å². The van der Waals surface area contributed by atoms with Gasteiger partial charge in [-0.2, -0.15) is 5.26 Å². The van der Waals surface area contributed by atoms with E-state index in [0.29, 0.717) is 27.8 Å². The fourth-order valence-electron chi connectivity index (χ4n) is 4.15. The minimum atomic E-state index is -0.652. The summed E-state index contributed by atoms with van der Waals surface area (Å²) in [7, 11) is 1.54. The number of ether oxygens (including phenoxy) is 4. The summed E-state index contributed by atoms with van der Waals surface area (Å²) in [5, 5.41) is 10.5. The highest BCUT2D eigenvalue weighted by atomic mass is 35.5. The van der Waals surface area contributed by atoms with Crippen LogP contribution >= 0.6 is 11.6 Å². The summed E-state index contributed by atoms with van der Waals surface area (Å²) in [6.45, 7) is 0.255. The standard InChI is InChI=1S/C29H21ClN2O6/c1-34-26-13-17(8-11-23(26)36-16-18-5-2-3-6-22(18)30)27-20-10-9-19(37-29(33)24-7-4-12-35-24)14-25(20)38-28(32)21(27)15-31/h2-14,27H,16,32H2,1H3. The van der Waals surface area contributed by atoms with Gasteiger partial charge >= 0.3 is 5.97 Å². The van der Waals surface area contributed by atoms with Crippen LogP contribution in [0.1, 0.15) is 33.2 Å². The lowest BCUT2D eigenvalue weighted by Gasteiger charge is -2.27. The van der Waals surface area contributed by atoms with Crippen molar-refractivity contribution in [2.24, 2.45) is 5.73 Å². The molecule has 3 aromatic carbocycles. The fourth-order valence-corrected chi connectivity index (χ4v) is 4.34. The fraction of sp³-hybridized carbons (Fsp3) is 0.103. The van der Waals surface area contributed by atoms with Gasteiger partial charge in [0, 0.05) is 22.2 Å². The first-order valence-electron chi connectivity index (χ1n) is 11.5. The molecule has 0 amide bonds. The summed E-state index contributed by atoms with van der Waals surface area (Å²) in [6, 6.07) is 22.9. The van der Waals surface area contributed by atoms with E-state index >= 15 is 0 Å². The molecule has 9 heteroatoms. The molecule has 2 N–H and O–H groups in total. The van der Waals surface area contributed by atoms with Crippen molar-refractivity contribution < 1.29 is 28.2 Å².